The van der Waals surface area contributed by atoms with Gasteiger partial charge in [0.25, 0.3) is 5.91 Å². The standard InChI is InChI=1S/C21H18N2O3/c22-21(25)23(17-11-5-2-6-12-17)20(24)18-13-7-8-14-19(18)26-15-16-9-3-1-4-10-16/h1-14H,15H2,(H2,22,25). The SMILES string of the molecule is NC(=O)N(C(=O)c1ccccc1OCc1ccccc1)c1ccccc1. The molecule has 3 aromatic carbocycles. The molecule has 0 aliphatic carbocycles. The van der Waals surface area contributed by atoms with Crippen LogP contribution >= 0.6 is 0 Å². The van der Waals surface area contributed by atoms with Crippen LogP contribution in [0.4, 0.5) is 10.5 Å². The van der Waals surface area contributed by atoms with Gasteiger partial charge < -0.3 is 10.5 Å². The molecule has 0 bridgehead atoms. The van der Waals surface area contributed by atoms with Crippen molar-refractivity contribution >= 4 is 17.6 Å². The highest BCUT2D eigenvalue weighted by atomic mass is 16.5. The van der Waals surface area contributed by atoms with Gasteiger partial charge in [0.1, 0.15) is 12.4 Å². The van der Waals surface area contributed by atoms with Crippen LogP contribution in [0.5, 0.6) is 5.75 Å². The van der Waals surface area contributed by atoms with Crippen LogP contribution < -0.4 is 15.4 Å². The van der Waals surface area contributed by atoms with Crippen LogP contribution in [0.25, 0.3) is 0 Å². The number of urea groups is 1. The van der Waals surface area contributed by atoms with Gasteiger partial charge in [-0.15, -0.1) is 0 Å². The maximum absolute atomic E-state index is 13.0. The fourth-order valence-corrected chi connectivity index (χ4v) is 2.55. The predicted octanol–water partition coefficient (Wildman–Crippen LogP) is 3.99. The van der Waals surface area contributed by atoms with Crippen molar-refractivity contribution in [1.29, 1.82) is 0 Å². The quantitative estimate of drug-likeness (QED) is 0.759. The molecule has 0 fully saturated rings. The van der Waals surface area contributed by atoms with E-state index in [2.05, 4.69) is 0 Å². The number of amides is 3. The number of ether oxygens (including phenoxy) is 1. The van der Waals surface area contributed by atoms with Crippen molar-refractivity contribution in [2.45, 2.75) is 6.61 Å². The molecular weight excluding hydrogens is 328 g/mol. The molecule has 26 heavy (non-hydrogen) atoms. The first-order chi connectivity index (χ1) is 12.7. The van der Waals surface area contributed by atoms with E-state index in [1.807, 2.05) is 30.3 Å². The van der Waals surface area contributed by atoms with E-state index < -0.39 is 11.9 Å². The van der Waals surface area contributed by atoms with Crippen molar-refractivity contribution in [2.75, 3.05) is 4.90 Å². The van der Waals surface area contributed by atoms with Crippen LogP contribution in [-0.2, 0) is 6.61 Å². The van der Waals surface area contributed by atoms with Gasteiger partial charge in [0.15, 0.2) is 0 Å². The number of rotatable bonds is 5. The van der Waals surface area contributed by atoms with Crippen LogP contribution in [0.15, 0.2) is 84.9 Å². The number of carbonyl (C=O) groups excluding carboxylic acids is 2. The fourth-order valence-electron chi connectivity index (χ4n) is 2.55. The maximum Gasteiger partial charge on any atom is 0.326 e. The molecule has 0 unspecified atom stereocenters. The Morgan fingerprint density at radius 1 is 0.808 bits per heavy atom. The number of benzene rings is 3. The Morgan fingerprint density at radius 2 is 1.38 bits per heavy atom. The molecule has 5 heteroatoms. The Morgan fingerprint density at radius 3 is 2.04 bits per heavy atom. The van der Waals surface area contributed by atoms with Crippen LogP contribution in [-0.4, -0.2) is 11.9 Å². The van der Waals surface area contributed by atoms with E-state index in [-0.39, 0.29) is 5.56 Å². The number of nitrogens with zero attached hydrogens (tertiary/aromatic N) is 1. The molecule has 0 saturated carbocycles. The lowest BCUT2D eigenvalue weighted by Crippen LogP contribution is -2.41. The van der Waals surface area contributed by atoms with Crippen molar-refractivity contribution < 1.29 is 14.3 Å². The minimum absolute atomic E-state index is 0.270. The van der Waals surface area contributed by atoms with E-state index in [0.29, 0.717) is 18.0 Å². The molecule has 0 aliphatic rings. The van der Waals surface area contributed by atoms with Gasteiger partial charge in [-0.05, 0) is 29.8 Å². The lowest BCUT2D eigenvalue weighted by atomic mass is 10.1. The molecule has 0 radical (unpaired) electrons. The third kappa shape index (κ3) is 3.89. The number of hydrogen-bond acceptors (Lipinski definition) is 3. The Hall–Kier alpha value is -3.60. The molecule has 0 spiro atoms. The normalized spacial score (nSPS) is 10.2. The Bertz CT molecular complexity index is 895. The van der Waals surface area contributed by atoms with Crippen molar-refractivity contribution in [3.05, 3.63) is 96.1 Å². The van der Waals surface area contributed by atoms with Crippen molar-refractivity contribution in [2.24, 2.45) is 5.73 Å². The average molecular weight is 346 g/mol. The van der Waals surface area contributed by atoms with Gasteiger partial charge in [0.05, 0.1) is 11.3 Å². The molecule has 2 N–H and O–H groups in total. The smallest absolute Gasteiger partial charge is 0.326 e. The fraction of sp³-hybridized carbons (Fsp3) is 0.0476. The molecule has 0 aliphatic heterocycles. The first-order valence-electron chi connectivity index (χ1n) is 8.11. The summed E-state index contributed by atoms with van der Waals surface area (Å²) >= 11 is 0. The highest BCUT2D eigenvalue weighted by Gasteiger charge is 2.25. The number of nitrogens with two attached hydrogens (primary N) is 1. The van der Waals surface area contributed by atoms with Crippen molar-refractivity contribution in [1.82, 2.24) is 0 Å². The van der Waals surface area contributed by atoms with Crippen LogP contribution in [0.1, 0.15) is 15.9 Å². The number of anilines is 1. The predicted molar refractivity (Wildman–Crippen MR) is 100 cm³/mol. The second-order valence-electron chi connectivity index (χ2n) is 5.58. The largest absolute Gasteiger partial charge is 0.488 e. The topological polar surface area (TPSA) is 72.6 Å². The second-order valence-corrected chi connectivity index (χ2v) is 5.58. The summed E-state index contributed by atoms with van der Waals surface area (Å²) in [7, 11) is 0. The zero-order valence-corrected chi connectivity index (χ0v) is 14.0. The minimum atomic E-state index is -0.848. The summed E-state index contributed by atoms with van der Waals surface area (Å²) in [5.41, 5.74) is 7.10. The van der Waals surface area contributed by atoms with Gasteiger partial charge in [-0.1, -0.05) is 60.7 Å². The van der Waals surface area contributed by atoms with E-state index in [0.717, 1.165) is 10.5 Å². The molecular formula is C21H18N2O3. The molecule has 5 nitrogen and oxygen atoms in total. The van der Waals surface area contributed by atoms with E-state index in [4.69, 9.17) is 10.5 Å². The van der Waals surface area contributed by atoms with Gasteiger partial charge in [-0.25, -0.2) is 9.69 Å². The van der Waals surface area contributed by atoms with E-state index >= 15 is 0 Å². The Kier molecular flexibility index (Phi) is 5.29. The third-order valence-corrected chi connectivity index (χ3v) is 3.79. The molecule has 3 amide bonds. The van der Waals surface area contributed by atoms with Crippen LogP contribution in [0.3, 0.4) is 0 Å². The Balaban J connectivity index is 1.88. The van der Waals surface area contributed by atoms with Gasteiger partial charge in [0, 0.05) is 0 Å². The van der Waals surface area contributed by atoms with E-state index in [1.165, 1.54) is 0 Å². The summed E-state index contributed by atoms with van der Waals surface area (Å²) < 4.78 is 5.81. The summed E-state index contributed by atoms with van der Waals surface area (Å²) in [5.74, 6) is -0.143. The number of imide groups is 1. The number of primary amides is 1. The summed E-state index contributed by atoms with van der Waals surface area (Å²) in [6.07, 6.45) is 0. The molecule has 0 aromatic heterocycles. The lowest BCUT2D eigenvalue weighted by Gasteiger charge is -2.20. The van der Waals surface area contributed by atoms with Crippen molar-refractivity contribution in [3.63, 3.8) is 0 Å². The third-order valence-electron chi connectivity index (χ3n) is 3.79. The lowest BCUT2D eigenvalue weighted by molar-refractivity contribution is 0.0991. The summed E-state index contributed by atoms with van der Waals surface area (Å²) in [6.45, 7) is 0.313. The summed E-state index contributed by atoms with van der Waals surface area (Å²) in [5, 5.41) is 0. The number of para-hydroxylation sites is 2. The number of carbonyl (C=O) groups is 2. The highest BCUT2D eigenvalue weighted by molar-refractivity contribution is 6.21. The van der Waals surface area contributed by atoms with Gasteiger partial charge in [0.2, 0.25) is 0 Å². The van der Waals surface area contributed by atoms with Crippen LogP contribution in [0.2, 0.25) is 0 Å². The molecule has 0 atom stereocenters. The van der Waals surface area contributed by atoms with Gasteiger partial charge in [-0.3, -0.25) is 4.79 Å². The molecule has 0 heterocycles. The zero-order valence-electron chi connectivity index (χ0n) is 14.0. The second kappa shape index (κ2) is 7.98. The molecule has 130 valence electrons. The summed E-state index contributed by atoms with van der Waals surface area (Å²) in [6, 6.07) is 24.1. The first kappa shape index (κ1) is 17.2. The maximum atomic E-state index is 13.0. The van der Waals surface area contributed by atoms with Crippen molar-refractivity contribution in [3.8, 4) is 5.75 Å². The number of hydrogen-bond donors (Lipinski definition) is 1. The zero-order chi connectivity index (χ0) is 18.4. The van der Waals surface area contributed by atoms with Gasteiger partial charge in [-0.2, -0.15) is 0 Å². The Labute approximate surface area is 151 Å². The molecule has 0 saturated heterocycles. The van der Waals surface area contributed by atoms with Crippen LogP contribution in [0, 0.1) is 0 Å². The van der Waals surface area contributed by atoms with E-state index in [9.17, 15) is 9.59 Å². The average Bonchev–Trinajstić information content (AvgIpc) is 2.68. The molecule has 3 aromatic rings. The monoisotopic (exact) mass is 346 g/mol. The first-order valence-corrected chi connectivity index (χ1v) is 8.11. The highest BCUT2D eigenvalue weighted by Crippen LogP contribution is 2.24. The minimum Gasteiger partial charge on any atom is -0.488 e. The summed E-state index contributed by atoms with van der Waals surface area (Å²) in [4.78, 5) is 25.8. The van der Waals surface area contributed by atoms with E-state index in [1.54, 1.807) is 54.6 Å². The van der Waals surface area contributed by atoms with Gasteiger partial charge >= 0.3 is 6.03 Å². The molecule has 3 rings (SSSR count).